The van der Waals surface area contributed by atoms with Gasteiger partial charge in [0.05, 0.1) is 0 Å². The summed E-state index contributed by atoms with van der Waals surface area (Å²) in [7, 11) is 0. The first kappa shape index (κ1) is 26.6. The molecule has 0 saturated carbocycles. The molecule has 0 bridgehead atoms. The van der Waals surface area contributed by atoms with Crippen molar-refractivity contribution in [3.05, 3.63) is 125 Å². The van der Waals surface area contributed by atoms with Crippen LogP contribution >= 0.6 is 0 Å². The average Bonchev–Trinajstić information content (AvgIpc) is 3.13. The molecule has 3 aromatic heterocycles. The summed E-state index contributed by atoms with van der Waals surface area (Å²) in [6, 6.07) is 27.4. The minimum absolute atomic E-state index is 0. The first-order chi connectivity index (χ1) is 17.3. The fourth-order valence-corrected chi connectivity index (χ4v) is 4.64. The van der Waals surface area contributed by atoms with Gasteiger partial charge in [0.2, 0.25) is 0 Å². The SMILES string of the molecule is CC1(C)c2ccccc2-c2cc(-c3[c-]cncc3)ncc21.Cc1c[c-]c(-c2cc(C)c(C)cn2)cc1.[Ir]. The van der Waals surface area contributed by atoms with E-state index in [2.05, 4.69) is 110 Å². The van der Waals surface area contributed by atoms with Crippen molar-refractivity contribution in [3.63, 3.8) is 0 Å². The van der Waals surface area contributed by atoms with E-state index in [0.717, 1.165) is 22.5 Å². The maximum atomic E-state index is 4.64. The minimum Gasteiger partial charge on any atom is -0.320 e. The van der Waals surface area contributed by atoms with E-state index in [1.165, 1.54) is 38.9 Å². The van der Waals surface area contributed by atoms with Crippen LogP contribution < -0.4 is 0 Å². The third-order valence-corrected chi connectivity index (χ3v) is 6.98. The molecule has 2 aromatic carbocycles. The van der Waals surface area contributed by atoms with Crippen LogP contribution in [-0.2, 0) is 25.5 Å². The van der Waals surface area contributed by atoms with Gasteiger partial charge in [-0.15, -0.1) is 41.5 Å². The zero-order valence-electron chi connectivity index (χ0n) is 21.8. The second kappa shape index (κ2) is 10.9. The molecule has 0 amide bonds. The van der Waals surface area contributed by atoms with E-state index in [0.29, 0.717) is 0 Å². The summed E-state index contributed by atoms with van der Waals surface area (Å²) >= 11 is 0. The van der Waals surface area contributed by atoms with Crippen LogP contribution in [0.4, 0.5) is 0 Å². The molecule has 0 aliphatic heterocycles. The third kappa shape index (κ3) is 5.32. The van der Waals surface area contributed by atoms with Crippen molar-refractivity contribution in [2.24, 2.45) is 0 Å². The summed E-state index contributed by atoms with van der Waals surface area (Å²) < 4.78 is 0. The Kier molecular flexibility index (Phi) is 7.82. The Labute approximate surface area is 233 Å². The molecule has 1 radical (unpaired) electrons. The molecule has 0 N–H and O–H groups in total. The normalized spacial score (nSPS) is 12.5. The second-order valence-corrected chi connectivity index (χ2v) is 9.87. The van der Waals surface area contributed by atoms with Gasteiger partial charge < -0.3 is 9.97 Å². The number of nitrogens with zero attached hydrogens (tertiary/aromatic N) is 3. The monoisotopic (exact) mass is 660 g/mol. The molecule has 5 aromatic rings. The molecule has 0 saturated heterocycles. The quantitative estimate of drug-likeness (QED) is 0.182. The van der Waals surface area contributed by atoms with Crippen molar-refractivity contribution < 1.29 is 20.1 Å². The molecule has 6 rings (SSSR count). The molecule has 3 nitrogen and oxygen atoms in total. The fourth-order valence-electron chi connectivity index (χ4n) is 4.64. The third-order valence-electron chi connectivity index (χ3n) is 6.98. The Morgan fingerprint density at radius 2 is 1.43 bits per heavy atom. The maximum Gasteiger partial charge on any atom is 0.0192 e. The van der Waals surface area contributed by atoms with Crippen LogP contribution in [0.1, 0.15) is 41.7 Å². The van der Waals surface area contributed by atoms with E-state index < -0.39 is 0 Å². The molecule has 0 spiro atoms. The van der Waals surface area contributed by atoms with Gasteiger partial charge in [0.25, 0.3) is 0 Å². The van der Waals surface area contributed by atoms with Crippen molar-refractivity contribution in [1.82, 2.24) is 15.0 Å². The predicted molar refractivity (Wildman–Crippen MR) is 147 cm³/mol. The van der Waals surface area contributed by atoms with Gasteiger partial charge in [0, 0.05) is 37.9 Å². The van der Waals surface area contributed by atoms with Gasteiger partial charge in [0.15, 0.2) is 0 Å². The largest absolute Gasteiger partial charge is 0.320 e. The molecule has 1 aliphatic carbocycles. The van der Waals surface area contributed by atoms with Gasteiger partial charge in [-0.3, -0.25) is 4.98 Å². The van der Waals surface area contributed by atoms with E-state index >= 15 is 0 Å². The molecule has 3 heterocycles. The van der Waals surface area contributed by atoms with Gasteiger partial charge in [-0.2, -0.15) is 11.6 Å². The van der Waals surface area contributed by atoms with Crippen molar-refractivity contribution in [1.29, 1.82) is 0 Å². The average molecular weight is 660 g/mol. The van der Waals surface area contributed by atoms with E-state index in [-0.39, 0.29) is 25.5 Å². The number of hydrogen-bond donors (Lipinski definition) is 0. The van der Waals surface area contributed by atoms with Gasteiger partial charge >= 0.3 is 0 Å². The number of rotatable bonds is 2. The number of hydrogen-bond acceptors (Lipinski definition) is 3. The summed E-state index contributed by atoms with van der Waals surface area (Å²) in [6.45, 7) is 10.8. The van der Waals surface area contributed by atoms with E-state index in [4.69, 9.17) is 0 Å². The molecule has 0 unspecified atom stereocenters. The first-order valence-electron chi connectivity index (χ1n) is 12.2. The summed E-state index contributed by atoms with van der Waals surface area (Å²) in [5, 5.41) is 0. The number of aromatic nitrogens is 3. The van der Waals surface area contributed by atoms with Crippen LogP contribution in [-0.4, -0.2) is 15.0 Å². The molecular weight excluding hydrogens is 631 g/mol. The maximum absolute atomic E-state index is 4.64. The zero-order chi connectivity index (χ0) is 25.3. The molecule has 1 aliphatic rings. The first-order valence-corrected chi connectivity index (χ1v) is 12.2. The van der Waals surface area contributed by atoms with Crippen molar-refractivity contribution in [2.45, 2.75) is 40.0 Å². The Hall–Kier alpha value is -3.46. The van der Waals surface area contributed by atoms with E-state index in [1.54, 1.807) is 12.4 Å². The molecule has 0 atom stereocenters. The van der Waals surface area contributed by atoms with Crippen molar-refractivity contribution in [2.75, 3.05) is 0 Å². The van der Waals surface area contributed by atoms with Crippen molar-refractivity contribution >= 4 is 0 Å². The Balaban J connectivity index is 0.000000178. The number of pyridine rings is 3. The van der Waals surface area contributed by atoms with Crippen LogP contribution in [0, 0.1) is 32.9 Å². The van der Waals surface area contributed by atoms with E-state index in [9.17, 15) is 0 Å². The summed E-state index contributed by atoms with van der Waals surface area (Å²) in [4.78, 5) is 13.1. The number of aryl methyl sites for hydroxylation is 3. The van der Waals surface area contributed by atoms with Gasteiger partial charge in [-0.1, -0.05) is 62.7 Å². The van der Waals surface area contributed by atoms with Gasteiger partial charge in [0.1, 0.15) is 0 Å². The summed E-state index contributed by atoms with van der Waals surface area (Å²) in [5.74, 6) is 0. The zero-order valence-corrected chi connectivity index (χ0v) is 24.2. The molecular formula is C33H29IrN3-2. The minimum atomic E-state index is 0. The van der Waals surface area contributed by atoms with Gasteiger partial charge in [-0.25, -0.2) is 0 Å². The van der Waals surface area contributed by atoms with Crippen LogP contribution in [0.3, 0.4) is 0 Å². The standard InChI is InChI=1S/C19H15N2.C14H14N.Ir/c1-19(2)16-6-4-3-5-14(16)15-11-18(21-12-17(15)19)13-7-9-20-10-8-13;1-10-4-6-13(7-5-10)14-8-11(2)12(3)9-15-14;/h3-7,9-12H,1-2H3;4-6,8-9H,1-3H3;/q2*-1;. The van der Waals surface area contributed by atoms with Gasteiger partial charge in [-0.05, 0) is 65.4 Å². The van der Waals surface area contributed by atoms with Crippen molar-refractivity contribution in [3.8, 4) is 33.6 Å². The van der Waals surface area contributed by atoms with Crippen LogP contribution in [0.5, 0.6) is 0 Å². The van der Waals surface area contributed by atoms with Crippen LogP contribution in [0.15, 0.2) is 85.5 Å². The molecule has 0 fully saturated rings. The summed E-state index contributed by atoms with van der Waals surface area (Å²) in [6.07, 6.45) is 7.39. The Morgan fingerprint density at radius 1 is 0.703 bits per heavy atom. The van der Waals surface area contributed by atoms with Crippen LogP contribution in [0.2, 0.25) is 0 Å². The second-order valence-electron chi connectivity index (χ2n) is 9.87. The Morgan fingerprint density at radius 3 is 2.14 bits per heavy atom. The van der Waals surface area contributed by atoms with Crippen LogP contribution in [0.25, 0.3) is 33.6 Å². The molecule has 37 heavy (non-hydrogen) atoms. The molecule has 187 valence electrons. The number of benzene rings is 2. The Bertz CT molecular complexity index is 1520. The molecule has 4 heteroatoms. The smallest absolute Gasteiger partial charge is 0.0192 e. The van der Waals surface area contributed by atoms with E-state index in [1.807, 2.05) is 24.5 Å². The number of fused-ring (bicyclic) bond motifs is 3. The topological polar surface area (TPSA) is 38.7 Å². The predicted octanol–water partition coefficient (Wildman–Crippen LogP) is 7.72. The summed E-state index contributed by atoms with van der Waals surface area (Å²) in [5.41, 5.74) is 13.0. The fraction of sp³-hybridized carbons (Fsp3) is 0.182.